The zero-order valence-corrected chi connectivity index (χ0v) is 15.9. The van der Waals surface area contributed by atoms with Gasteiger partial charge in [0.15, 0.2) is 9.84 Å². The molecule has 0 saturated carbocycles. The number of hydrogen-bond acceptors (Lipinski definition) is 4. The topological polar surface area (TPSA) is 104 Å². The van der Waals surface area contributed by atoms with Gasteiger partial charge in [-0.3, -0.25) is 4.79 Å². The number of fused-ring (bicyclic) bond motifs is 1. The first-order chi connectivity index (χ1) is 11.8. The number of urea groups is 1. The van der Waals surface area contributed by atoms with Gasteiger partial charge in [0.05, 0.1) is 23.1 Å². The van der Waals surface area contributed by atoms with Crippen molar-refractivity contribution < 1.29 is 18.0 Å². The van der Waals surface area contributed by atoms with Crippen LogP contribution < -0.4 is 16.0 Å². The molecule has 2 heterocycles. The molecular weight excluding hydrogens is 410 g/mol. The van der Waals surface area contributed by atoms with Crippen molar-refractivity contribution >= 4 is 43.4 Å². The minimum Gasteiger partial charge on any atom is -0.332 e. The van der Waals surface area contributed by atoms with Crippen LogP contribution in [0.3, 0.4) is 0 Å². The Morgan fingerprint density at radius 1 is 1.28 bits per heavy atom. The first-order valence-electron chi connectivity index (χ1n) is 8.19. The smallest absolute Gasteiger partial charge is 0.315 e. The van der Waals surface area contributed by atoms with E-state index < -0.39 is 15.1 Å². The number of sulfone groups is 1. The van der Waals surface area contributed by atoms with Crippen LogP contribution in [0.15, 0.2) is 28.7 Å². The third-order valence-electron chi connectivity index (χ3n) is 4.57. The third-order valence-corrected chi connectivity index (χ3v) is 7.34. The lowest BCUT2D eigenvalue weighted by Crippen LogP contribution is -2.39. The van der Waals surface area contributed by atoms with Gasteiger partial charge in [-0.05, 0) is 31.0 Å². The fourth-order valence-electron chi connectivity index (χ4n) is 3.43. The molecule has 25 heavy (non-hydrogen) atoms. The largest absolute Gasteiger partial charge is 0.332 e. The Morgan fingerprint density at radius 2 is 2.08 bits per heavy atom. The summed E-state index contributed by atoms with van der Waals surface area (Å²) in [6.07, 6.45) is 2.01. The number of hydrogen-bond donors (Lipinski definition) is 3. The van der Waals surface area contributed by atoms with E-state index >= 15 is 0 Å². The quantitative estimate of drug-likeness (QED) is 0.473. The summed E-state index contributed by atoms with van der Waals surface area (Å²) in [5.74, 6) is -0.106. The molecule has 0 unspecified atom stereocenters. The SMILES string of the molecule is O=C(CCCC[C@@H]1[C@@H]2NC(=O)N[C@H]2CS1(=O)=O)Nc1cccc(Br)c1. The standard InChI is InChI=1S/C16H20BrN3O4S/c17-10-4-3-5-11(8-10)18-14(21)7-2-1-6-13-15-12(9-25(13,23)24)19-16(22)20-15/h3-5,8,12-13,15H,1-2,6-7,9H2,(H,18,21)(H2,19,20,22)/t12-,13+,15+/m0/s1. The van der Waals surface area contributed by atoms with Crippen molar-refractivity contribution in [1.82, 2.24) is 10.6 Å². The molecule has 2 fully saturated rings. The molecule has 3 atom stereocenters. The third kappa shape index (κ3) is 4.33. The van der Waals surface area contributed by atoms with Gasteiger partial charge in [-0.2, -0.15) is 0 Å². The zero-order valence-electron chi connectivity index (χ0n) is 13.5. The van der Waals surface area contributed by atoms with Crippen LogP contribution in [0.25, 0.3) is 0 Å². The fourth-order valence-corrected chi connectivity index (χ4v) is 6.09. The van der Waals surface area contributed by atoms with Crippen molar-refractivity contribution in [1.29, 1.82) is 0 Å². The average Bonchev–Trinajstić information content (AvgIpc) is 2.96. The van der Waals surface area contributed by atoms with E-state index in [1.807, 2.05) is 24.3 Å². The Balaban J connectivity index is 1.45. The minimum atomic E-state index is -3.21. The number of carbonyl (C=O) groups excluding carboxylic acids is 2. The van der Waals surface area contributed by atoms with Gasteiger partial charge >= 0.3 is 6.03 Å². The van der Waals surface area contributed by atoms with E-state index in [1.54, 1.807) is 0 Å². The molecule has 2 aliphatic heterocycles. The zero-order chi connectivity index (χ0) is 18.0. The van der Waals surface area contributed by atoms with Gasteiger partial charge < -0.3 is 16.0 Å². The van der Waals surface area contributed by atoms with E-state index in [9.17, 15) is 18.0 Å². The molecule has 3 N–H and O–H groups in total. The number of benzene rings is 1. The van der Waals surface area contributed by atoms with Crippen LogP contribution in [0.4, 0.5) is 10.5 Å². The van der Waals surface area contributed by atoms with Crippen molar-refractivity contribution in [2.24, 2.45) is 0 Å². The maximum absolute atomic E-state index is 12.2. The van der Waals surface area contributed by atoms with Gasteiger partial charge in [-0.15, -0.1) is 0 Å². The van der Waals surface area contributed by atoms with Gasteiger partial charge in [-0.1, -0.05) is 28.4 Å². The van der Waals surface area contributed by atoms with Gasteiger partial charge in [0.25, 0.3) is 0 Å². The Bertz CT molecular complexity index is 783. The van der Waals surface area contributed by atoms with E-state index in [4.69, 9.17) is 0 Å². The van der Waals surface area contributed by atoms with Crippen LogP contribution >= 0.6 is 15.9 Å². The predicted octanol–water partition coefficient (Wildman–Crippen LogP) is 1.80. The summed E-state index contributed by atoms with van der Waals surface area (Å²) in [6.45, 7) is 0. The molecule has 3 amide bonds. The van der Waals surface area contributed by atoms with Crippen LogP contribution in [0.1, 0.15) is 25.7 Å². The first kappa shape index (κ1) is 18.2. The second-order valence-electron chi connectivity index (χ2n) is 6.42. The number of amides is 3. The first-order valence-corrected chi connectivity index (χ1v) is 10.7. The molecular formula is C16H20BrN3O4S. The van der Waals surface area contributed by atoms with Crippen molar-refractivity contribution in [3.05, 3.63) is 28.7 Å². The van der Waals surface area contributed by atoms with Crippen molar-refractivity contribution in [3.63, 3.8) is 0 Å². The maximum Gasteiger partial charge on any atom is 0.315 e. The van der Waals surface area contributed by atoms with Crippen LogP contribution in [0.2, 0.25) is 0 Å². The van der Waals surface area contributed by atoms with E-state index in [0.29, 0.717) is 25.7 Å². The summed E-state index contributed by atoms with van der Waals surface area (Å²) in [5.41, 5.74) is 0.723. The lowest BCUT2D eigenvalue weighted by atomic mass is 10.0. The van der Waals surface area contributed by atoms with Crippen LogP contribution in [0.5, 0.6) is 0 Å². The molecule has 136 valence electrons. The lowest BCUT2D eigenvalue weighted by Gasteiger charge is -2.16. The fraction of sp³-hybridized carbons (Fsp3) is 0.500. The summed E-state index contributed by atoms with van der Waals surface area (Å²) in [7, 11) is -3.21. The Morgan fingerprint density at radius 3 is 2.84 bits per heavy atom. The van der Waals surface area contributed by atoms with Crippen molar-refractivity contribution in [3.8, 4) is 0 Å². The molecule has 0 aliphatic carbocycles. The van der Waals surface area contributed by atoms with Gasteiger partial charge in [0.1, 0.15) is 0 Å². The normalized spacial score (nSPS) is 26.6. The Kier molecular flexibility index (Phi) is 5.33. The van der Waals surface area contributed by atoms with Crippen LogP contribution in [-0.2, 0) is 14.6 Å². The number of nitrogens with one attached hydrogen (secondary N) is 3. The van der Waals surface area contributed by atoms with Gasteiger partial charge in [0, 0.05) is 16.6 Å². The summed E-state index contributed by atoms with van der Waals surface area (Å²) in [5, 5.41) is 7.59. The molecule has 0 aromatic heterocycles. The Labute approximate surface area is 155 Å². The highest BCUT2D eigenvalue weighted by atomic mass is 79.9. The molecule has 7 nitrogen and oxygen atoms in total. The highest BCUT2D eigenvalue weighted by Gasteiger charge is 2.51. The predicted molar refractivity (Wildman–Crippen MR) is 98.1 cm³/mol. The minimum absolute atomic E-state index is 0.00948. The number of halogens is 1. The molecule has 0 bridgehead atoms. The van der Waals surface area contributed by atoms with Gasteiger partial charge in [-0.25, -0.2) is 13.2 Å². The second kappa shape index (κ2) is 7.33. The van der Waals surface area contributed by atoms with Gasteiger partial charge in [0.2, 0.25) is 5.91 Å². The van der Waals surface area contributed by atoms with Crippen molar-refractivity contribution in [2.45, 2.75) is 43.0 Å². The molecule has 0 radical (unpaired) electrons. The second-order valence-corrected chi connectivity index (χ2v) is 9.60. The van der Waals surface area contributed by atoms with Crippen molar-refractivity contribution in [2.75, 3.05) is 11.1 Å². The number of rotatable bonds is 6. The van der Waals surface area contributed by atoms with E-state index in [2.05, 4.69) is 31.9 Å². The molecule has 9 heteroatoms. The molecule has 0 spiro atoms. The molecule has 2 aliphatic rings. The molecule has 1 aromatic carbocycles. The summed E-state index contributed by atoms with van der Waals surface area (Å²) < 4.78 is 25.3. The molecule has 3 rings (SSSR count). The lowest BCUT2D eigenvalue weighted by molar-refractivity contribution is -0.116. The molecule has 2 saturated heterocycles. The van der Waals surface area contributed by atoms with Crippen LogP contribution in [0, 0.1) is 0 Å². The highest BCUT2D eigenvalue weighted by molar-refractivity contribution is 9.10. The maximum atomic E-state index is 12.2. The summed E-state index contributed by atoms with van der Waals surface area (Å²) in [4.78, 5) is 23.3. The number of anilines is 1. The van der Waals surface area contributed by atoms with Crippen LogP contribution in [-0.4, -0.2) is 43.4 Å². The van der Waals surface area contributed by atoms with E-state index in [0.717, 1.165) is 10.2 Å². The van der Waals surface area contributed by atoms with E-state index in [1.165, 1.54) is 0 Å². The number of unbranched alkanes of at least 4 members (excludes halogenated alkanes) is 1. The highest BCUT2D eigenvalue weighted by Crippen LogP contribution is 2.28. The Hall–Kier alpha value is -1.61. The summed E-state index contributed by atoms with van der Waals surface area (Å²) in [6, 6.07) is 6.36. The average molecular weight is 430 g/mol. The summed E-state index contributed by atoms with van der Waals surface area (Å²) >= 11 is 3.35. The van der Waals surface area contributed by atoms with E-state index in [-0.39, 0.29) is 29.8 Å². The molecule has 1 aromatic rings. The number of carbonyl (C=O) groups is 2. The monoisotopic (exact) mass is 429 g/mol.